The summed E-state index contributed by atoms with van der Waals surface area (Å²) in [5.41, 5.74) is 4.31. The number of fused-ring (bicyclic) bond motifs is 2. The predicted molar refractivity (Wildman–Crippen MR) is 105 cm³/mol. The Labute approximate surface area is 161 Å². The first-order valence-corrected chi connectivity index (χ1v) is 9.17. The van der Waals surface area contributed by atoms with E-state index in [-0.39, 0.29) is 17.1 Å². The summed E-state index contributed by atoms with van der Waals surface area (Å²) in [6.07, 6.45) is 2.85. The molecule has 0 fully saturated rings. The molecule has 2 aromatic carbocycles. The van der Waals surface area contributed by atoms with Crippen LogP contribution in [0.5, 0.6) is 0 Å². The largest absolute Gasteiger partial charge is 0.277 e. The Balaban J connectivity index is 1.85. The van der Waals surface area contributed by atoms with E-state index < -0.39 is 0 Å². The highest BCUT2D eigenvalue weighted by molar-refractivity contribution is 6.31. The molecule has 3 aromatic rings. The summed E-state index contributed by atoms with van der Waals surface area (Å²) >= 11 is 6.02. The molecule has 2 heterocycles. The first kappa shape index (κ1) is 16.5. The number of aromatic nitrogens is 1. The molecule has 1 aliphatic carbocycles. The Morgan fingerprint density at radius 3 is 2.59 bits per heavy atom. The maximum absolute atomic E-state index is 13.9. The van der Waals surface area contributed by atoms with E-state index in [9.17, 15) is 9.18 Å². The highest BCUT2D eigenvalue weighted by Gasteiger charge is 2.42. The van der Waals surface area contributed by atoms with E-state index in [1.807, 2.05) is 12.1 Å². The molecule has 3 nitrogen and oxygen atoms in total. The minimum absolute atomic E-state index is 0.143. The van der Waals surface area contributed by atoms with Crippen molar-refractivity contribution < 1.29 is 9.18 Å². The fraction of sp³-hybridized carbons (Fsp3) is 0.182. The van der Waals surface area contributed by atoms with E-state index in [0.717, 1.165) is 29.1 Å². The fourth-order valence-electron chi connectivity index (χ4n) is 4.08. The molecule has 134 valence electrons. The van der Waals surface area contributed by atoms with Crippen molar-refractivity contribution in [2.24, 2.45) is 5.41 Å². The number of anilines is 1. The lowest BCUT2D eigenvalue weighted by Gasteiger charge is -2.30. The normalized spacial score (nSPS) is 17.3. The zero-order valence-corrected chi connectivity index (χ0v) is 15.6. The summed E-state index contributed by atoms with van der Waals surface area (Å²) in [5, 5.41) is 1.16. The van der Waals surface area contributed by atoms with E-state index in [2.05, 4.69) is 19.9 Å². The van der Waals surface area contributed by atoms with Crippen LogP contribution in [0.1, 0.15) is 35.5 Å². The average Bonchev–Trinajstić information content (AvgIpc) is 2.89. The third-order valence-electron chi connectivity index (χ3n) is 5.17. The number of carbonyl (C=O) groups excluding carboxylic acids is 1. The van der Waals surface area contributed by atoms with Gasteiger partial charge in [-0.05, 0) is 54.3 Å². The third kappa shape index (κ3) is 2.40. The zero-order valence-electron chi connectivity index (χ0n) is 14.9. The number of pyridine rings is 1. The average molecular weight is 379 g/mol. The number of amides is 1. The maximum Gasteiger partial charge on any atom is 0.264 e. The van der Waals surface area contributed by atoms with E-state index >= 15 is 0 Å². The molecule has 0 saturated heterocycles. The van der Waals surface area contributed by atoms with E-state index in [1.165, 1.54) is 12.1 Å². The minimum atomic E-state index is -0.375. The molecule has 0 unspecified atom stereocenters. The van der Waals surface area contributed by atoms with Crippen molar-refractivity contribution in [2.45, 2.75) is 20.3 Å². The van der Waals surface area contributed by atoms with Crippen LogP contribution in [0.15, 0.2) is 48.5 Å². The van der Waals surface area contributed by atoms with Crippen LogP contribution in [0.25, 0.3) is 16.6 Å². The number of carbonyl (C=O) groups is 1. The van der Waals surface area contributed by atoms with Gasteiger partial charge in [0.05, 0.1) is 22.5 Å². The molecule has 1 aliphatic heterocycles. The molecule has 5 heteroatoms. The maximum atomic E-state index is 13.9. The highest BCUT2D eigenvalue weighted by Crippen LogP contribution is 2.47. The Kier molecular flexibility index (Phi) is 3.29. The standard InChI is InChI=1S/C22H16ClFN2O/c1-22(2)10-17-20-18(11-22)26(14-6-3-12(23)4-7-14)21(27)19(20)15-9-13(24)5-8-16(15)25-17/h3-9,11H,10H2,1-2H3. The van der Waals surface area contributed by atoms with Crippen LogP contribution in [0.2, 0.25) is 5.02 Å². The van der Waals surface area contributed by atoms with Crippen LogP contribution in [-0.4, -0.2) is 10.9 Å². The van der Waals surface area contributed by atoms with E-state index in [4.69, 9.17) is 16.6 Å². The van der Waals surface area contributed by atoms with Crippen molar-refractivity contribution in [1.29, 1.82) is 0 Å². The van der Waals surface area contributed by atoms with Crippen LogP contribution in [0.4, 0.5) is 10.1 Å². The van der Waals surface area contributed by atoms with Gasteiger partial charge in [0.2, 0.25) is 0 Å². The molecule has 1 amide bonds. The Morgan fingerprint density at radius 1 is 1.11 bits per heavy atom. The van der Waals surface area contributed by atoms with Crippen LogP contribution >= 0.6 is 11.6 Å². The predicted octanol–water partition coefficient (Wildman–Crippen LogP) is 5.61. The van der Waals surface area contributed by atoms with Gasteiger partial charge >= 0.3 is 0 Å². The lowest BCUT2D eigenvalue weighted by Crippen LogP contribution is -2.26. The van der Waals surface area contributed by atoms with E-state index in [0.29, 0.717) is 21.5 Å². The Hall–Kier alpha value is -2.72. The summed E-state index contributed by atoms with van der Waals surface area (Å²) in [7, 11) is 0. The molecule has 1 aromatic heterocycles. The van der Waals surface area contributed by atoms with Crippen LogP contribution in [0, 0.1) is 11.2 Å². The molecule has 0 spiro atoms. The number of hydrogen-bond acceptors (Lipinski definition) is 2. The molecule has 0 N–H and O–H groups in total. The molecule has 5 rings (SSSR count). The summed E-state index contributed by atoms with van der Waals surface area (Å²) in [6, 6.07) is 11.6. The summed E-state index contributed by atoms with van der Waals surface area (Å²) in [6.45, 7) is 4.25. The second kappa shape index (κ2) is 5.40. The van der Waals surface area contributed by atoms with E-state index in [1.54, 1.807) is 23.1 Å². The van der Waals surface area contributed by atoms with Crippen molar-refractivity contribution in [3.8, 4) is 0 Å². The molecule has 27 heavy (non-hydrogen) atoms. The van der Waals surface area contributed by atoms with Crippen molar-refractivity contribution in [3.63, 3.8) is 0 Å². The van der Waals surface area contributed by atoms with Gasteiger partial charge in [-0.15, -0.1) is 0 Å². The monoisotopic (exact) mass is 378 g/mol. The number of hydrogen-bond donors (Lipinski definition) is 0. The highest BCUT2D eigenvalue weighted by atomic mass is 35.5. The summed E-state index contributed by atoms with van der Waals surface area (Å²) in [4.78, 5) is 19.9. The van der Waals surface area contributed by atoms with Crippen molar-refractivity contribution in [1.82, 2.24) is 4.98 Å². The van der Waals surface area contributed by atoms with Gasteiger partial charge in [-0.2, -0.15) is 0 Å². The molecule has 0 bridgehead atoms. The van der Waals surface area contributed by atoms with Gasteiger partial charge in [-0.1, -0.05) is 31.5 Å². The zero-order chi connectivity index (χ0) is 18.9. The smallest absolute Gasteiger partial charge is 0.264 e. The quantitative estimate of drug-likeness (QED) is 0.551. The summed E-state index contributed by atoms with van der Waals surface area (Å²) in [5.74, 6) is -0.532. The Bertz CT molecular complexity index is 1170. The first-order valence-electron chi connectivity index (χ1n) is 8.79. The summed E-state index contributed by atoms with van der Waals surface area (Å²) < 4.78 is 13.9. The molecular formula is C22H16ClFN2O. The number of rotatable bonds is 1. The van der Waals surface area contributed by atoms with Gasteiger partial charge in [0, 0.05) is 21.7 Å². The van der Waals surface area contributed by atoms with Crippen LogP contribution < -0.4 is 4.90 Å². The van der Waals surface area contributed by atoms with Crippen molar-refractivity contribution >= 4 is 39.8 Å². The fourth-order valence-corrected chi connectivity index (χ4v) is 4.21. The van der Waals surface area contributed by atoms with Gasteiger partial charge in [-0.3, -0.25) is 14.7 Å². The van der Waals surface area contributed by atoms with Gasteiger partial charge in [-0.25, -0.2) is 4.39 Å². The number of allylic oxidation sites excluding steroid dienone is 1. The molecule has 0 saturated carbocycles. The second-order valence-corrected chi connectivity index (χ2v) is 8.22. The first-order chi connectivity index (χ1) is 12.8. The van der Waals surface area contributed by atoms with Gasteiger partial charge in [0.1, 0.15) is 5.82 Å². The third-order valence-corrected chi connectivity index (χ3v) is 5.42. The number of nitrogens with zero attached hydrogens (tertiary/aromatic N) is 2. The molecule has 0 atom stereocenters. The lowest BCUT2D eigenvalue weighted by atomic mass is 9.79. The molecular weight excluding hydrogens is 363 g/mol. The lowest BCUT2D eigenvalue weighted by molar-refractivity contribution is 0.101. The Morgan fingerprint density at radius 2 is 1.85 bits per heavy atom. The SMILES string of the molecule is CC1(C)C=C2c3c(nc4ccc(F)cc4c3C(=O)N2c2ccc(Cl)cc2)C1. The molecule has 0 radical (unpaired) electrons. The number of halogens is 2. The van der Waals surface area contributed by atoms with Gasteiger partial charge < -0.3 is 0 Å². The topological polar surface area (TPSA) is 33.2 Å². The van der Waals surface area contributed by atoms with Crippen LogP contribution in [0.3, 0.4) is 0 Å². The van der Waals surface area contributed by atoms with Gasteiger partial charge in [0.25, 0.3) is 5.91 Å². The van der Waals surface area contributed by atoms with Crippen LogP contribution in [-0.2, 0) is 6.42 Å². The minimum Gasteiger partial charge on any atom is -0.277 e. The van der Waals surface area contributed by atoms with Crippen molar-refractivity contribution in [3.05, 3.63) is 76.2 Å². The molecule has 2 aliphatic rings. The second-order valence-electron chi connectivity index (χ2n) is 7.78. The van der Waals surface area contributed by atoms with Crippen molar-refractivity contribution in [2.75, 3.05) is 4.90 Å². The van der Waals surface area contributed by atoms with Gasteiger partial charge in [0.15, 0.2) is 0 Å². The number of benzene rings is 2.